The van der Waals surface area contributed by atoms with Crippen LogP contribution in [0.2, 0.25) is 5.02 Å². The molecule has 0 heterocycles. The van der Waals surface area contributed by atoms with Gasteiger partial charge in [-0.1, -0.05) is 11.6 Å². The van der Waals surface area contributed by atoms with E-state index < -0.39 is 5.60 Å². The molecule has 0 aliphatic heterocycles. The lowest BCUT2D eigenvalue weighted by molar-refractivity contribution is 0.0726. The van der Waals surface area contributed by atoms with Gasteiger partial charge in [-0.3, -0.25) is 0 Å². The van der Waals surface area contributed by atoms with Crippen LogP contribution in [-0.2, 0) is 5.60 Å². The Hall–Kier alpha value is -0.930. The van der Waals surface area contributed by atoms with E-state index in [0.29, 0.717) is 22.1 Å². The maximum atomic E-state index is 10.2. The minimum atomic E-state index is -1.09. The number of methoxy groups -OCH3 is 1. The third kappa shape index (κ3) is 3.27. The van der Waals surface area contributed by atoms with Crippen LogP contribution in [-0.4, -0.2) is 18.3 Å². The summed E-state index contributed by atoms with van der Waals surface area (Å²) in [6, 6.07) is 3.43. The van der Waals surface area contributed by atoms with Crippen LogP contribution in [0.15, 0.2) is 12.1 Å². The molecule has 1 aromatic rings. The number of ether oxygens (including phenoxy) is 2. The number of halogens is 1. The summed E-state index contributed by atoms with van der Waals surface area (Å²) < 4.78 is 10.9. The first-order valence-corrected chi connectivity index (χ1v) is 5.91. The predicted octanol–water partition coefficient (Wildman–Crippen LogP) is 3.36. The van der Waals surface area contributed by atoms with Crippen molar-refractivity contribution >= 4 is 11.6 Å². The van der Waals surface area contributed by atoms with E-state index in [1.165, 1.54) is 0 Å². The smallest absolute Gasteiger partial charge is 0.169 e. The van der Waals surface area contributed by atoms with Crippen LogP contribution >= 0.6 is 11.6 Å². The third-order valence-electron chi connectivity index (χ3n) is 2.26. The highest BCUT2D eigenvalue weighted by molar-refractivity contribution is 6.31. The van der Waals surface area contributed by atoms with Gasteiger partial charge in [0.25, 0.3) is 0 Å². The van der Waals surface area contributed by atoms with Crippen LogP contribution in [0.5, 0.6) is 11.5 Å². The lowest BCUT2D eigenvalue weighted by atomic mass is 9.96. The summed E-state index contributed by atoms with van der Waals surface area (Å²) in [5.74, 6) is 1.07. The third-order valence-corrected chi connectivity index (χ3v) is 2.57. The molecule has 0 bridgehead atoms. The van der Waals surface area contributed by atoms with Crippen molar-refractivity contribution in [1.29, 1.82) is 0 Å². The van der Waals surface area contributed by atoms with Crippen LogP contribution in [0.4, 0.5) is 0 Å². The van der Waals surface area contributed by atoms with Gasteiger partial charge in [0.2, 0.25) is 0 Å². The topological polar surface area (TPSA) is 38.7 Å². The van der Waals surface area contributed by atoms with E-state index in [1.54, 1.807) is 33.1 Å². The molecule has 0 amide bonds. The standard InChI is InChI=1S/C13H19ClO3/c1-8(2)17-12-10(16-5)7-6-9(14)11(12)13(3,4)15/h6-8,15H,1-5H3. The second kappa shape index (κ2) is 5.15. The number of hydrogen-bond acceptors (Lipinski definition) is 3. The number of rotatable bonds is 4. The number of benzene rings is 1. The maximum Gasteiger partial charge on any atom is 0.169 e. The minimum Gasteiger partial charge on any atom is -0.493 e. The molecule has 0 aliphatic rings. The molecule has 0 spiro atoms. The number of hydrogen-bond donors (Lipinski definition) is 1. The summed E-state index contributed by atoms with van der Waals surface area (Å²) >= 11 is 6.13. The van der Waals surface area contributed by atoms with E-state index >= 15 is 0 Å². The summed E-state index contributed by atoms with van der Waals surface area (Å²) in [5.41, 5.74) is -0.539. The van der Waals surface area contributed by atoms with Crippen LogP contribution < -0.4 is 9.47 Å². The highest BCUT2D eigenvalue weighted by Gasteiger charge is 2.27. The highest BCUT2D eigenvalue weighted by atomic mass is 35.5. The zero-order chi connectivity index (χ0) is 13.2. The lowest BCUT2D eigenvalue weighted by Gasteiger charge is -2.25. The molecule has 0 saturated heterocycles. The normalized spacial score (nSPS) is 11.8. The molecule has 0 aromatic heterocycles. The summed E-state index contributed by atoms with van der Waals surface area (Å²) in [7, 11) is 1.56. The van der Waals surface area contributed by atoms with E-state index in [-0.39, 0.29) is 6.10 Å². The van der Waals surface area contributed by atoms with Gasteiger partial charge in [0.1, 0.15) is 0 Å². The van der Waals surface area contributed by atoms with Crippen molar-refractivity contribution < 1.29 is 14.6 Å². The van der Waals surface area contributed by atoms with Crippen LogP contribution in [0.3, 0.4) is 0 Å². The molecular formula is C13H19ClO3. The second-order valence-electron chi connectivity index (χ2n) is 4.68. The van der Waals surface area contributed by atoms with E-state index in [4.69, 9.17) is 21.1 Å². The van der Waals surface area contributed by atoms with Gasteiger partial charge >= 0.3 is 0 Å². The van der Waals surface area contributed by atoms with Crippen LogP contribution in [0.25, 0.3) is 0 Å². The summed E-state index contributed by atoms with van der Waals surface area (Å²) in [6.45, 7) is 7.16. The van der Waals surface area contributed by atoms with Crippen LogP contribution in [0.1, 0.15) is 33.3 Å². The van der Waals surface area contributed by atoms with Crippen molar-refractivity contribution in [2.24, 2.45) is 0 Å². The predicted molar refractivity (Wildman–Crippen MR) is 69.0 cm³/mol. The maximum absolute atomic E-state index is 10.2. The molecule has 0 aliphatic carbocycles. The number of aliphatic hydroxyl groups is 1. The average molecular weight is 259 g/mol. The quantitative estimate of drug-likeness (QED) is 0.900. The zero-order valence-electron chi connectivity index (χ0n) is 10.9. The molecule has 1 aromatic carbocycles. The molecule has 1 N–H and O–H groups in total. The lowest BCUT2D eigenvalue weighted by Crippen LogP contribution is -2.20. The van der Waals surface area contributed by atoms with Crippen molar-refractivity contribution in [3.63, 3.8) is 0 Å². The fraction of sp³-hybridized carbons (Fsp3) is 0.538. The summed E-state index contributed by atoms with van der Waals surface area (Å²) in [4.78, 5) is 0. The van der Waals surface area contributed by atoms with Crippen molar-refractivity contribution in [1.82, 2.24) is 0 Å². The monoisotopic (exact) mass is 258 g/mol. The zero-order valence-corrected chi connectivity index (χ0v) is 11.6. The first-order valence-electron chi connectivity index (χ1n) is 5.53. The minimum absolute atomic E-state index is 0.0246. The molecule has 0 saturated carbocycles. The van der Waals surface area contributed by atoms with E-state index in [2.05, 4.69) is 0 Å². The van der Waals surface area contributed by atoms with E-state index in [1.807, 2.05) is 13.8 Å². The Labute approximate surface area is 107 Å². The first-order chi connectivity index (χ1) is 7.77. The van der Waals surface area contributed by atoms with E-state index in [9.17, 15) is 5.11 Å². The molecule has 4 heteroatoms. The molecule has 0 atom stereocenters. The SMILES string of the molecule is COc1ccc(Cl)c(C(C)(C)O)c1OC(C)C. The molecule has 3 nitrogen and oxygen atoms in total. The summed E-state index contributed by atoms with van der Waals surface area (Å²) in [6.07, 6.45) is -0.0246. The van der Waals surface area contributed by atoms with Gasteiger partial charge in [-0.2, -0.15) is 0 Å². The van der Waals surface area contributed by atoms with Crippen molar-refractivity contribution in [2.75, 3.05) is 7.11 Å². The fourth-order valence-electron chi connectivity index (χ4n) is 1.62. The van der Waals surface area contributed by atoms with Gasteiger partial charge in [0, 0.05) is 5.56 Å². The highest BCUT2D eigenvalue weighted by Crippen LogP contribution is 2.42. The molecule has 0 fully saturated rings. The van der Waals surface area contributed by atoms with Gasteiger partial charge in [0.15, 0.2) is 11.5 Å². The van der Waals surface area contributed by atoms with Gasteiger partial charge < -0.3 is 14.6 Å². The molecule has 0 radical (unpaired) electrons. The van der Waals surface area contributed by atoms with Crippen molar-refractivity contribution in [2.45, 2.75) is 39.4 Å². The molecule has 17 heavy (non-hydrogen) atoms. The van der Waals surface area contributed by atoms with Crippen molar-refractivity contribution in [3.8, 4) is 11.5 Å². The Morgan fingerprint density at radius 2 is 1.88 bits per heavy atom. The molecule has 0 unspecified atom stereocenters. The Balaban J connectivity index is 3.42. The van der Waals surface area contributed by atoms with E-state index in [0.717, 1.165) is 0 Å². The van der Waals surface area contributed by atoms with Gasteiger partial charge in [-0.05, 0) is 39.8 Å². The van der Waals surface area contributed by atoms with Crippen molar-refractivity contribution in [3.05, 3.63) is 22.7 Å². The fourth-order valence-corrected chi connectivity index (χ4v) is 2.00. The molecule has 1 rings (SSSR count). The Bertz CT molecular complexity index is 394. The van der Waals surface area contributed by atoms with Gasteiger partial charge in [-0.15, -0.1) is 0 Å². The average Bonchev–Trinajstić information content (AvgIpc) is 2.15. The Morgan fingerprint density at radius 1 is 1.29 bits per heavy atom. The second-order valence-corrected chi connectivity index (χ2v) is 5.09. The first kappa shape index (κ1) is 14.1. The Morgan fingerprint density at radius 3 is 2.29 bits per heavy atom. The summed E-state index contributed by atoms with van der Waals surface area (Å²) in [5, 5.41) is 10.6. The van der Waals surface area contributed by atoms with Gasteiger partial charge in [0.05, 0.1) is 23.8 Å². The largest absolute Gasteiger partial charge is 0.493 e. The molecule has 96 valence electrons. The Kier molecular flexibility index (Phi) is 4.28. The van der Waals surface area contributed by atoms with Gasteiger partial charge in [-0.25, -0.2) is 0 Å². The van der Waals surface area contributed by atoms with Crippen LogP contribution in [0, 0.1) is 0 Å². The molecular weight excluding hydrogens is 240 g/mol.